The summed E-state index contributed by atoms with van der Waals surface area (Å²) in [6, 6.07) is 15.3. The van der Waals surface area contributed by atoms with Gasteiger partial charge in [-0.25, -0.2) is 8.42 Å². The van der Waals surface area contributed by atoms with Crippen LogP contribution < -0.4 is 0 Å². The minimum Gasteiger partial charge on any atom is -0.219 e. The Hall–Kier alpha value is -1.58. The van der Waals surface area contributed by atoms with E-state index in [1.165, 1.54) is 5.41 Å². The highest BCUT2D eigenvalue weighted by Crippen LogP contribution is 2.15. The molecule has 0 saturated carbocycles. The maximum absolute atomic E-state index is 12.0. The normalized spacial score (nSPS) is 11.8. The van der Waals surface area contributed by atoms with Gasteiger partial charge in [-0.05, 0) is 35.9 Å². The standard InChI is InChI=1S/C14H11ClO2S/c15-13-8-6-12(7-9-13)10-11-18(16,17)14-4-2-1-3-5-14/h1-11H. The molecule has 0 saturated heterocycles. The summed E-state index contributed by atoms with van der Waals surface area (Å²) >= 11 is 5.76. The second-order valence-corrected chi connectivity index (χ2v) is 5.98. The van der Waals surface area contributed by atoms with Crippen molar-refractivity contribution in [3.8, 4) is 0 Å². The van der Waals surface area contributed by atoms with Crippen LogP contribution in [0.1, 0.15) is 5.56 Å². The lowest BCUT2D eigenvalue weighted by atomic mass is 10.2. The Balaban J connectivity index is 2.26. The van der Waals surface area contributed by atoms with Crippen LogP contribution in [0.3, 0.4) is 0 Å². The molecule has 92 valence electrons. The zero-order chi connectivity index (χ0) is 13.0. The molecular formula is C14H11ClO2S. The van der Waals surface area contributed by atoms with Crippen LogP contribution in [0, 0.1) is 0 Å². The number of sulfone groups is 1. The van der Waals surface area contributed by atoms with Crippen LogP contribution in [0.2, 0.25) is 5.02 Å². The molecular weight excluding hydrogens is 268 g/mol. The molecule has 0 aliphatic carbocycles. The molecule has 0 unspecified atom stereocenters. The lowest BCUT2D eigenvalue weighted by molar-refractivity contribution is 0.605. The van der Waals surface area contributed by atoms with E-state index in [4.69, 9.17) is 11.6 Å². The molecule has 2 aromatic rings. The first-order chi connectivity index (χ1) is 8.58. The number of hydrogen-bond donors (Lipinski definition) is 0. The fraction of sp³-hybridized carbons (Fsp3) is 0. The molecule has 0 bridgehead atoms. The molecule has 2 aromatic carbocycles. The van der Waals surface area contributed by atoms with Crippen molar-refractivity contribution in [2.75, 3.05) is 0 Å². The third-order valence-corrected chi connectivity index (χ3v) is 4.06. The van der Waals surface area contributed by atoms with E-state index < -0.39 is 9.84 Å². The highest BCUT2D eigenvalue weighted by molar-refractivity contribution is 7.94. The minimum atomic E-state index is -3.38. The molecule has 0 heterocycles. The molecule has 0 amide bonds. The third kappa shape index (κ3) is 3.22. The highest BCUT2D eigenvalue weighted by atomic mass is 35.5. The van der Waals surface area contributed by atoms with E-state index in [9.17, 15) is 8.42 Å². The number of halogens is 1. The summed E-state index contributed by atoms with van der Waals surface area (Å²) in [5, 5.41) is 1.82. The third-order valence-electron chi connectivity index (χ3n) is 2.38. The summed E-state index contributed by atoms with van der Waals surface area (Å²) in [7, 11) is -3.38. The van der Waals surface area contributed by atoms with Crippen molar-refractivity contribution in [2.24, 2.45) is 0 Å². The summed E-state index contributed by atoms with van der Waals surface area (Å²) in [4.78, 5) is 0.287. The Kier molecular flexibility index (Phi) is 3.84. The van der Waals surface area contributed by atoms with E-state index in [0.717, 1.165) is 5.56 Å². The van der Waals surface area contributed by atoms with E-state index in [1.807, 2.05) is 0 Å². The van der Waals surface area contributed by atoms with Crippen LogP contribution >= 0.6 is 11.6 Å². The lowest BCUT2D eigenvalue weighted by Crippen LogP contribution is -1.95. The number of benzene rings is 2. The van der Waals surface area contributed by atoms with Gasteiger partial charge in [0.05, 0.1) is 4.90 Å². The molecule has 0 aliphatic heterocycles. The van der Waals surface area contributed by atoms with E-state index in [-0.39, 0.29) is 4.90 Å². The number of rotatable bonds is 3. The van der Waals surface area contributed by atoms with Gasteiger partial charge in [0.2, 0.25) is 0 Å². The summed E-state index contributed by atoms with van der Waals surface area (Å²) in [5.41, 5.74) is 0.791. The summed E-state index contributed by atoms with van der Waals surface area (Å²) in [6.07, 6.45) is 1.55. The van der Waals surface area contributed by atoms with Gasteiger partial charge in [-0.1, -0.05) is 41.9 Å². The fourth-order valence-electron chi connectivity index (χ4n) is 1.43. The fourth-order valence-corrected chi connectivity index (χ4v) is 2.59. The van der Waals surface area contributed by atoms with E-state index in [1.54, 1.807) is 60.7 Å². The average molecular weight is 279 g/mol. The smallest absolute Gasteiger partial charge is 0.199 e. The van der Waals surface area contributed by atoms with Gasteiger partial charge in [0.1, 0.15) is 0 Å². The van der Waals surface area contributed by atoms with Crippen molar-refractivity contribution in [3.05, 3.63) is 70.6 Å². The van der Waals surface area contributed by atoms with E-state index in [2.05, 4.69) is 0 Å². The molecule has 0 fully saturated rings. The predicted molar refractivity (Wildman–Crippen MR) is 74.1 cm³/mol. The van der Waals surface area contributed by atoms with Crippen molar-refractivity contribution < 1.29 is 8.42 Å². The molecule has 0 radical (unpaired) electrons. The molecule has 2 nitrogen and oxygen atoms in total. The Bertz CT molecular complexity index is 644. The molecule has 4 heteroatoms. The van der Waals surface area contributed by atoms with Gasteiger partial charge in [0, 0.05) is 10.4 Å². The van der Waals surface area contributed by atoms with Crippen molar-refractivity contribution in [3.63, 3.8) is 0 Å². The van der Waals surface area contributed by atoms with Crippen LogP contribution in [0.4, 0.5) is 0 Å². The van der Waals surface area contributed by atoms with Crippen LogP contribution in [0.5, 0.6) is 0 Å². The first-order valence-corrected chi connectivity index (χ1v) is 7.24. The van der Waals surface area contributed by atoms with Gasteiger partial charge in [0.15, 0.2) is 9.84 Å². The molecule has 0 spiro atoms. The van der Waals surface area contributed by atoms with Crippen LogP contribution in [0.25, 0.3) is 6.08 Å². The topological polar surface area (TPSA) is 34.1 Å². The maximum Gasteiger partial charge on any atom is 0.199 e. The predicted octanol–water partition coefficient (Wildman–Crippen LogP) is 3.78. The maximum atomic E-state index is 12.0. The molecule has 0 atom stereocenters. The summed E-state index contributed by atoms with van der Waals surface area (Å²) in [5.74, 6) is 0. The van der Waals surface area contributed by atoms with E-state index >= 15 is 0 Å². The first-order valence-electron chi connectivity index (χ1n) is 5.32. The van der Waals surface area contributed by atoms with Crippen LogP contribution in [0.15, 0.2) is 64.9 Å². The Morgan fingerprint density at radius 2 is 1.50 bits per heavy atom. The highest BCUT2D eigenvalue weighted by Gasteiger charge is 2.08. The van der Waals surface area contributed by atoms with Gasteiger partial charge in [0.25, 0.3) is 0 Å². The first kappa shape index (κ1) is 12.9. The Labute approximate surface area is 111 Å². The van der Waals surface area contributed by atoms with Crippen molar-refractivity contribution in [1.82, 2.24) is 0 Å². The van der Waals surface area contributed by atoms with Crippen molar-refractivity contribution in [2.45, 2.75) is 4.90 Å². The second kappa shape index (κ2) is 5.38. The zero-order valence-corrected chi connectivity index (χ0v) is 11.0. The summed E-state index contributed by atoms with van der Waals surface area (Å²) < 4.78 is 23.9. The Morgan fingerprint density at radius 3 is 2.11 bits per heavy atom. The molecule has 18 heavy (non-hydrogen) atoms. The quantitative estimate of drug-likeness (QED) is 0.856. The van der Waals surface area contributed by atoms with Crippen LogP contribution in [-0.2, 0) is 9.84 Å². The Morgan fingerprint density at radius 1 is 0.889 bits per heavy atom. The molecule has 0 aromatic heterocycles. The molecule has 0 N–H and O–H groups in total. The van der Waals surface area contributed by atoms with Crippen molar-refractivity contribution >= 4 is 27.5 Å². The minimum absolute atomic E-state index is 0.287. The SMILES string of the molecule is O=S(=O)(C=Cc1ccc(Cl)cc1)c1ccccc1. The number of hydrogen-bond acceptors (Lipinski definition) is 2. The van der Waals surface area contributed by atoms with Gasteiger partial charge in [-0.15, -0.1) is 0 Å². The van der Waals surface area contributed by atoms with Crippen LogP contribution in [-0.4, -0.2) is 8.42 Å². The second-order valence-electron chi connectivity index (χ2n) is 3.71. The van der Waals surface area contributed by atoms with Gasteiger partial charge < -0.3 is 0 Å². The lowest BCUT2D eigenvalue weighted by Gasteiger charge is -1.98. The van der Waals surface area contributed by atoms with Gasteiger partial charge in [-0.2, -0.15) is 0 Å². The monoisotopic (exact) mass is 278 g/mol. The van der Waals surface area contributed by atoms with Gasteiger partial charge in [-0.3, -0.25) is 0 Å². The van der Waals surface area contributed by atoms with Crippen molar-refractivity contribution in [1.29, 1.82) is 0 Å². The average Bonchev–Trinajstić information content (AvgIpc) is 2.39. The molecule has 0 aliphatic rings. The molecule has 2 rings (SSSR count). The largest absolute Gasteiger partial charge is 0.219 e. The summed E-state index contributed by atoms with van der Waals surface area (Å²) in [6.45, 7) is 0. The van der Waals surface area contributed by atoms with Gasteiger partial charge >= 0.3 is 0 Å². The zero-order valence-electron chi connectivity index (χ0n) is 9.45. The van der Waals surface area contributed by atoms with E-state index in [0.29, 0.717) is 5.02 Å².